The van der Waals surface area contributed by atoms with E-state index in [-0.39, 0.29) is 0 Å². The van der Waals surface area contributed by atoms with Crippen molar-refractivity contribution in [1.82, 2.24) is 5.32 Å². The van der Waals surface area contributed by atoms with Gasteiger partial charge in [0.25, 0.3) is 0 Å². The molecule has 0 bridgehead atoms. The van der Waals surface area contributed by atoms with Crippen molar-refractivity contribution < 1.29 is 0 Å². The lowest BCUT2D eigenvalue weighted by atomic mass is 9.91. The van der Waals surface area contributed by atoms with Gasteiger partial charge in [0.05, 0.1) is 0 Å². The van der Waals surface area contributed by atoms with Crippen molar-refractivity contribution in [3.63, 3.8) is 0 Å². The van der Waals surface area contributed by atoms with Gasteiger partial charge in [0.15, 0.2) is 0 Å². The molecule has 2 nitrogen and oxygen atoms in total. The van der Waals surface area contributed by atoms with Crippen LogP contribution in [0, 0.1) is 5.92 Å². The number of nitrogens with one attached hydrogen (secondary N) is 1. The highest BCUT2D eigenvalue weighted by molar-refractivity contribution is 6.31. The second-order valence-electron chi connectivity index (χ2n) is 6.48. The maximum absolute atomic E-state index is 6.47. The standard InChI is InChI=1S/C17H25ClN2/c1-12-4-3-9-20(13(12)2)16-8-5-14(17(18)10-16)11-19-15-6-7-15/h5,8,10,12-13,15,19H,3-4,6-7,9,11H2,1-2H3. The molecule has 1 N–H and O–H groups in total. The molecule has 1 saturated heterocycles. The average molecular weight is 293 g/mol. The van der Waals surface area contributed by atoms with Crippen molar-refractivity contribution in [2.75, 3.05) is 11.4 Å². The summed E-state index contributed by atoms with van der Waals surface area (Å²) in [6, 6.07) is 7.92. The maximum atomic E-state index is 6.47. The second-order valence-corrected chi connectivity index (χ2v) is 6.89. The summed E-state index contributed by atoms with van der Waals surface area (Å²) >= 11 is 6.47. The summed E-state index contributed by atoms with van der Waals surface area (Å²) in [7, 11) is 0. The normalized spacial score (nSPS) is 26.9. The Morgan fingerprint density at radius 3 is 2.75 bits per heavy atom. The zero-order chi connectivity index (χ0) is 14.1. The molecule has 2 fully saturated rings. The van der Waals surface area contributed by atoms with E-state index >= 15 is 0 Å². The van der Waals surface area contributed by atoms with Crippen molar-refractivity contribution in [1.29, 1.82) is 0 Å². The van der Waals surface area contributed by atoms with Crippen LogP contribution in [0.25, 0.3) is 0 Å². The van der Waals surface area contributed by atoms with E-state index in [1.54, 1.807) is 0 Å². The predicted octanol–water partition coefficient (Wildman–Crippen LogP) is 4.22. The minimum absolute atomic E-state index is 0.607. The first-order chi connectivity index (χ1) is 9.65. The molecule has 3 rings (SSSR count). The Morgan fingerprint density at radius 2 is 2.05 bits per heavy atom. The summed E-state index contributed by atoms with van der Waals surface area (Å²) in [6.07, 6.45) is 5.26. The van der Waals surface area contributed by atoms with E-state index in [4.69, 9.17) is 11.6 Å². The van der Waals surface area contributed by atoms with Gasteiger partial charge in [-0.15, -0.1) is 0 Å². The summed E-state index contributed by atoms with van der Waals surface area (Å²) in [4.78, 5) is 2.51. The van der Waals surface area contributed by atoms with Crippen LogP contribution < -0.4 is 10.2 Å². The van der Waals surface area contributed by atoms with Gasteiger partial charge in [0, 0.05) is 35.9 Å². The van der Waals surface area contributed by atoms with Crippen molar-refractivity contribution in [3.8, 4) is 0 Å². The van der Waals surface area contributed by atoms with Gasteiger partial charge in [-0.3, -0.25) is 0 Å². The summed E-state index contributed by atoms with van der Waals surface area (Å²) in [5.41, 5.74) is 2.50. The monoisotopic (exact) mass is 292 g/mol. The molecule has 1 aromatic rings. The number of benzene rings is 1. The Kier molecular flexibility index (Phi) is 4.23. The number of rotatable bonds is 4. The number of nitrogens with zero attached hydrogens (tertiary/aromatic N) is 1. The molecule has 1 aliphatic carbocycles. The molecule has 2 atom stereocenters. The molecule has 2 unspecified atom stereocenters. The Bertz CT molecular complexity index is 470. The molecule has 3 heteroatoms. The lowest BCUT2D eigenvalue weighted by Gasteiger charge is -2.39. The maximum Gasteiger partial charge on any atom is 0.0471 e. The predicted molar refractivity (Wildman–Crippen MR) is 86.5 cm³/mol. The number of hydrogen-bond acceptors (Lipinski definition) is 2. The summed E-state index contributed by atoms with van der Waals surface area (Å²) in [5.74, 6) is 0.763. The Hall–Kier alpha value is -0.730. The topological polar surface area (TPSA) is 15.3 Å². The first-order valence-corrected chi connectivity index (χ1v) is 8.31. The number of halogens is 1. The summed E-state index contributed by atoms with van der Waals surface area (Å²) in [6.45, 7) is 6.74. The molecule has 1 heterocycles. The van der Waals surface area contributed by atoms with Gasteiger partial charge in [-0.1, -0.05) is 24.6 Å². The molecule has 0 radical (unpaired) electrons. The van der Waals surface area contributed by atoms with Crippen LogP contribution in [0.1, 0.15) is 45.1 Å². The molecule has 1 saturated carbocycles. The van der Waals surface area contributed by atoms with Crippen LogP contribution in [0.5, 0.6) is 0 Å². The van der Waals surface area contributed by atoms with Crippen molar-refractivity contribution >= 4 is 17.3 Å². The summed E-state index contributed by atoms with van der Waals surface area (Å²) < 4.78 is 0. The Labute approximate surface area is 127 Å². The SMILES string of the molecule is CC1CCCN(c2ccc(CNC3CC3)c(Cl)c2)C1C. The quantitative estimate of drug-likeness (QED) is 0.894. The lowest BCUT2D eigenvalue weighted by molar-refractivity contribution is 0.363. The van der Waals surface area contributed by atoms with Crippen LogP contribution in [-0.4, -0.2) is 18.6 Å². The fourth-order valence-electron chi connectivity index (χ4n) is 3.10. The minimum atomic E-state index is 0.607. The van der Waals surface area contributed by atoms with Gasteiger partial charge in [0.1, 0.15) is 0 Å². The third-order valence-corrected chi connectivity index (χ3v) is 5.25. The van der Waals surface area contributed by atoms with E-state index < -0.39 is 0 Å². The van der Waals surface area contributed by atoms with Gasteiger partial charge in [-0.05, 0) is 56.2 Å². The molecular weight excluding hydrogens is 268 g/mol. The zero-order valence-corrected chi connectivity index (χ0v) is 13.3. The first kappa shape index (κ1) is 14.2. The number of piperidine rings is 1. The molecule has 0 spiro atoms. The van der Waals surface area contributed by atoms with E-state index in [0.29, 0.717) is 6.04 Å². The Balaban J connectivity index is 1.71. The van der Waals surface area contributed by atoms with Crippen LogP contribution in [0.3, 0.4) is 0 Å². The van der Waals surface area contributed by atoms with E-state index in [2.05, 4.69) is 42.3 Å². The molecule has 2 aliphatic rings. The van der Waals surface area contributed by atoms with Crippen LogP contribution in [-0.2, 0) is 6.54 Å². The smallest absolute Gasteiger partial charge is 0.0471 e. The molecule has 0 amide bonds. The van der Waals surface area contributed by atoms with Gasteiger partial charge >= 0.3 is 0 Å². The van der Waals surface area contributed by atoms with Crippen LogP contribution >= 0.6 is 11.6 Å². The highest BCUT2D eigenvalue weighted by atomic mass is 35.5. The number of anilines is 1. The lowest BCUT2D eigenvalue weighted by Crippen LogP contribution is -2.42. The van der Waals surface area contributed by atoms with Crippen LogP contribution in [0.15, 0.2) is 18.2 Å². The second kappa shape index (κ2) is 5.95. The van der Waals surface area contributed by atoms with Gasteiger partial charge in [-0.25, -0.2) is 0 Å². The summed E-state index contributed by atoms with van der Waals surface area (Å²) in [5, 5.41) is 4.43. The fourth-order valence-corrected chi connectivity index (χ4v) is 3.34. The van der Waals surface area contributed by atoms with E-state index in [9.17, 15) is 0 Å². The largest absolute Gasteiger partial charge is 0.369 e. The average Bonchev–Trinajstić information content (AvgIpc) is 3.25. The highest BCUT2D eigenvalue weighted by Crippen LogP contribution is 2.31. The van der Waals surface area contributed by atoms with Gasteiger partial charge in [-0.2, -0.15) is 0 Å². The van der Waals surface area contributed by atoms with E-state index in [1.165, 1.54) is 36.9 Å². The highest BCUT2D eigenvalue weighted by Gasteiger charge is 2.25. The first-order valence-electron chi connectivity index (χ1n) is 7.93. The van der Waals surface area contributed by atoms with Gasteiger partial charge in [0.2, 0.25) is 0 Å². The number of hydrogen-bond donors (Lipinski definition) is 1. The third kappa shape index (κ3) is 3.12. The van der Waals surface area contributed by atoms with Crippen molar-refractivity contribution in [2.24, 2.45) is 5.92 Å². The minimum Gasteiger partial charge on any atom is -0.369 e. The Morgan fingerprint density at radius 1 is 1.25 bits per heavy atom. The molecular formula is C17H25ClN2. The zero-order valence-electron chi connectivity index (χ0n) is 12.5. The van der Waals surface area contributed by atoms with Crippen molar-refractivity contribution in [2.45, 2.75) is 58.2 Å². The third-order valence-electron chi connectivity index (χ3n) is 4.90. The van der Waals surface area contributed by atoms with Crippen molar-refractivity contribution in [3.05, 3.63) is 28.8 Å². The van der Waals surface area contributed by atoms with Crippen LogP contribution in [0.4, 0.5) is 5.69 Å². The van der Waals surface area contributed by atoms with E-state index in [0.717, 1.165) is 30.1 Å². The molecule has 20 heavy (non-hydrogen) atoms. The van der Waals surface area contributed by atoms with Gasteiger partial charge < -0.3 is 10.2 Å². The molecule has 0 aromatic heterocycles. The van der Waals surface area contributed by atoms with Crippen LogP contribution in [0.2, 0.25) is 5.02 Å². The molecule has 110 valence electrons. The van der Waals surface area contributed by atoms with E-state index in [1.807, 2.05) is 0 Å². The molecule has 1 aromatic carbocycles. The molecule has 1 aliphatic heterocycles. The fraction of sp³-hybridized carbons (Fsp3) is 0.647.